The van der Waals surface area contributed by atoms with Crippen LogP contribution in [0.3, 0.4) is 0 Å². The van der Waals surface area contributed by atoms with E-state index < -0.39 is 11.7 Å². The molecule has 0 saturated carbocycles. The molecule has 4 heterocycles. The average molecular weight is 406 g/mol. The second-order valence-corrected chi connectivity index (χ2v) is 7.08. The number of alkyl halides is 3. The lowest BCUT2D eigenvalue weighted by molar-refractivity contribution is -0.137. The Kier molecular flexibility index (Phi) is 5.27. The van der Waals surface area contributed by atoms with Crippen LogP contribution in [0.15, 0.2) is 18.5 Å². The molecular formula is C19H21F3N6O. The highest BCUT2D eigenvalue weighted by molar-refractivity contribution is 5.99. The highest BCUT2D eigenvalue weighted by atomic mass is 19.4. The van der Waals surface area contributed by atoms with Gasteiger partial charge in [-0.2, -0.15) is 13.2 Å². The van der Waals surface area contributed by atoms with Crippen molar-refractivity contribution in [2.24, 2.45) is 0 Å². The van der Waals surface area contributed by atoms with Gasteiger partial charge < -0.3 is 20.9 Å². The number of aromatic nitrogens is 3. The number of rotatable bonds is 3. The number of carbonyl (C=O) groups excluding carboxylic acids is 1. The number of carbonyl (C=O) groups is 1. The fourth-order valence-corrected chi connectivity index (χ4v) is 3.57. The Labute approximate surface area is 165 Å². The molecule has 1 fully saturated rings. The summed E-state index contributed by atoms with van der Waals surface area (Å²) < 4.78 is 41.0. The Hall–Kier alpha value is -2.88. The number of amides is 1. The molecule has 29 heavy (non-hydrogen) atoms. The number of H-pyrrole nitrogens is 1. The van der Waals surface area contributed by atoms with Gasteiger partial charge in [-0.25, -0.2) is 9.97 Å². The van der Waals surface area contributed by atoms with Crippen molar-refractivity contribution in [3.05, 3.63) is 35.3 Å². The van der Waals surface area contributed by atoms with Gasteiger partial charge in [0.15, 0.2) is 0 Å². The standard InChI is InChI=1S/C19H21F3N6O/c20-19(21,22)14-10-26-18(27-11-4-3-6-23-8-11)28-15(14)13-9-25-16-12(13)5-1-2-7-24-17(16)29/h1,5,9-11,23,25H,2-4,6-8H2,(H,24,29)(H,26,27,28)/t11-/m0/s1. The van der Waals surface area contributed by atoms with E-state index in [1.54, 1.807) is 6.08 Å². The summed E-state index contributed by atoms with van der Waals surface area (Å²) in [5.41, 5.74) is -0.380. The van der Waals surface area contributed by atoms with Crippen LogP contribution >= 0.6 is 0 Å². The van der Waals surface area contributed by atoms with E-state index in [0.717, 1.165) is 25.6 Å². The van der Waals surface area contributed by atoms with Crippen LogP contribution in [0.4, 0.5) is 19.1 Å². The zero-order valence-electron chi connectivity index (χ0n) is 15.6. The SMILES string of the molecule is O=C1NCCC=Cc2c(-c3nc(N[C@H]4CCCNC4)ncc3C(F)(F)F)c[nH]c21. The van der Waals surface area contributed by atoms with Gasteiger partial charge in [0.25, 0.3) is 5.91 Å². The summed E-state index contributed by atoms with van der Waals surface area (Å²) in [7, 11) is 0. The number of anilines is 1. The largest absolute Gasteiger partial charge is 0.419 e. The summed E-state index contributed by atoms with van der Waals surface area (Å²) in [5, 5.41) is 9.07. The van der Waals surface area contributed by atoms with Crippen molar-refractivity contribution in [1.82, 2.24) is 25.6 Å². The second kappa shape index (κ2) is 7.86. The maximum absolute atomic E-state index is 13.7. The molecule has 0 aliphatic carbocycles. The molecule has 2 aromatic heterocycles. The monoisotopic (exact) mass is 406 g/mol. The molecular weight excluding hydrogens is 385 g/mol. The third kappa shape index (κ3) is 4.12. The molecule has 0 bridgehead atoms. The first kappa shape index (κ1) is 19.4. The average Bonchev–Trinajstić information content (AvgIpc) is 3.09. The molecule has 0 radical (unpaired) electrons. The fraction of sp³-hybridized carbons (Fsp3) is 0.421. The van der Waals surface area contributed by atoms with E-state index in [0.29, 0.717) is 25.1 Å². The maximum Gasteiger partial charge on any atom is 0.419 e. The number of nitrogens with one attached hydrogen (secondary N) is 4. The van der Waals surface area contributed by atoms with E-state index in [1.807, 2.05) is 6.08 Å². The first-order valence-electron chi connectivity index (χ1n) is 9.51. The van der Waals surface area contributed by atoms with E-state index in [-0.39, 0.29) is 34.8 Å². The van der Waals surface area contributed by atoms with Crippen LogP contribution in [-0.4, -0.2) is 46.5 Å². The molecule has 0 unspecified atom stereocenters. The van der Waals surface area contributed by atoms with Crippen LogP contribution in [0.1, 0.15) is 40.9 Å². The zero-order valence-corrected chi connectivity index (χ0v) is 15.6. The van der Waals surface area contributed by atoms with Crippen LogP contribution in [0, 0.1) is 0 Å². The highest BCUT2D eigenvalue weighted by Gasteiger charge is 2.37. The lowest BCUT2D eigenvalue weighted by atomic mass is 10.0. The summed E-state index contributed by atoms with van der Waals surface area (Å²) in [4.78, 5) is 23.2. The molecule has 2 aliphatic heterocycles. The first-order valence-corrected chi connectivity index (χ1v) is 9.51. The van der Waals surface area contributed by atoms with Crippen molar-refractivity contribution in [3.63, 3.8) is 0 Å². The fourth-order valence-electron chi connectivity index (χ4n) is 3.57. The molecule has 7 nitrogen and oxygen atoms in total. The number of halogens is 3. The molecule has 154 valence electrons. The van der Waals surface area contributed by atoms with Crippen molar-refractivity contribution in [2.75, 3.05) is 25.0 Å². The van der Waals surface area contributed by atoms with Crippen molar-refractivity contribution < 1.29 is 18.0 Å². The lowest BCUT2D eigenvalue weighted by Gasteiger charge is -2.24. The second-order valence-electron chi connectivity index (χ2n) is 7.08. The summed E-state index contributed by atoms with van der Waals surface area (Å²) in [5.74, 6) is -0.222. The Morgan fingerprint density at radius 1 is 1.24 bits per heavy atom. The van der Waals surface area contributed by atoms with Crippen LogP contribution < -0.4 is 16.0 Å². The quantitative estimate of drug-likeness (QED) is 0.629. The minimum Gasteiger partial charge on any atom is -0.356 e. The number of nitrogens with zero attached hydrogens (tertiary/aromatic N) is 2. The molecule has 1 saturated heterocycles. The molecule has 0 aromatic carbocycles. The molecule has 0 spiro atoms. The maximum atomic E-state index is 13.7. The zero-order chi connectivity index (χ0) is 20.4. The van der Waals surface area contributed by atoms with Gasteiger partial charge in [0, 0.05) is 42.7 Å². The summed E-state index contributed by atoms with van der Waals surface area (Å²) in [6.45, 7) is 2.08. The summed E-state index contributed by atoms with van der Waals surface area (Å²) in [6.07, 6.45) is 3.49. The molecule has 2 aliphatic rings. The van der Waals surface area contributed by atoms with Crippen molar-refractivity contribution in [3.8, 4) is 11.3 Å². The van der Waals surface area contributed by atoms with Gasteiger partial charge in [-0.1, -0.05) is 12.2 Å². The molecule has 4 N–H and O–H groups in total. The highest BCUT2D eigenvalue weighted by Crippen LogP contribution is 2.38. The predicted octanol–water partition coefficient (Wildman–Crippen LogP) is 2.80. The molecule has 1 atom stereocenters. The Morgan fingerprint density at radius 2 is 2.10 bits per heavy atom. The van der Waals surface area contributed by atoms with Crippen molar-refractivity contribution >= 4 is 17.9 Å². The smallest absolute Gasteiger partial charge is 0.356 e. The normalized spacial score (nSPS) is 19.8. The van der Waals surface area contributed by atoms with Gasteiger partial charge in [0.2, 0.25) is 5.95 Å². The summed E-state index contributed by atoms with van der Waals surface area (Å²) >= 11 is 0. The Morgan fingerprint density at radius 3 is 2.86 bits per heavy atom. The van der Waals surface area contributed by atoms with Gasteiger partial charge in [0.05, 0.1) is 5.69 Å². The number of hydrogen-bond donors (Lipinski definition) is 4. The van der Waals surface area contributed by atoms with Crippen molar-refractivity contribution in [2.45, 2.75) is 31.5 Å². The third-order valence-electron chi connectivity index (χ3n) is 5.01. The number of fused-ring (bicyclic) bond motifs is 1. The van der Waals surface area contributed by atoms with Crippen LogP contribution in [0.2, 0.25) is 0 Å². The molecule has 4 rings (SSSR count). The van der Waals surface area contributed by atoms with E-state index in [2.05, 4.69) is 30.9 Å². The number of aromatic amines is 1. The number of hydrogen-bond acceptors (Lipinski definition) is 5. The molecule has 1 amide bonds. The predicted molar refractivity (Wildman–Crippen MR) is 102 cm³/mol. The van der Waals surface area contributed by atoms with Gasteiger partial charge in [-0.05, 0) is 25.8 Å². The minimum atomic E-state index is -4.63. The molecule has 10 heteroatoms. The topological polar surface area (TPSA) is 94.7 Å². The van der Waals surface area contributed by atoms with Crippen molar-refractivity contribution in [1.29, 1.82) is 0 Å². The Balaban J connectivity index is 1.78. The van der Waals surface area contributed by atoms with E-state index in [4.69, 9.17) is 0 Å². The van der Waals surface area contributed by atoms with Gasteiger partial charge in [-0.15, -0.1) is 0 Å². The van der Waals surface area contributed by atoms with Crippen LogP contribution in [0.5, 0.6) is 0 Å². The van der Waals surface area contributed by atoms with Crippen LogP contribution in [0.25, 0.3) is 17.3 Å². The lowest BCUT2D eigenvalue weighted by Crippen LogP contribution is -2.38. The Bertz CT molecular complexity index is 931. The minimum absolute atomic E-state index is 0.0471. The first-order chi connectivity index (χ1) is 13.9. The van der Waals surface area contributed by atoms with Crippen LogP contribution in [-0.2, 0) is 6.18 Å². The van der Waals surface area contributed by atoms with Gasteiger partial charge >= 0.3 is 6.18 Å². The van der Waals surface area contributed by atoms with Gasteiger partial charge in [-0.3, -0.25) is 4.79 Å². The number of piperidine rings is 1. The third-order valence-corrected chi connectivity index (χ3v) is 5.01. The van der Waals surface area contributed by atoms with E-state index in [1.165, 1.54) is 6.20 Å². The van der Waals surface area contributed by atoms with E-state index in [9.17, 15) is 18.0 Å². The van der Waals surface area contributed by atoms with Gasteiger partial charge in [0.1, 0.15) is 11.3 Å². The molecule has 2 aromatic rings. The van der Waals surface area contributed by atoms with E-state index >= 15 is 0 Å². The summed E-state index contributed by atoms with van der Waals surface area (Å²) in [6, 6.07) is 0.0471.